The largest absolute Gasteiger partial charge is 0.490 e. The van der Waals surface area contributed by atoms with Gasteiger partial charge in [-0.3, -0.25) is 4.98 Å². The SMILES string of the molecule is COC(C(=O)O)c1cncc(OC(=O)N2CCC(Oc3ccc(OCc4cccc(F)c4)cc3)CC2)c1. The number of hydrogen-bond acceptors (Lipinski definition) is 7. The second-order valence-electron chi connectivity index (χ2n) is 8.47. The van der Waals surface area contributed by atoms with Crippen molar-refractivity contribution >= 4 is 12.1 Å². The summed E-state index contributed by atoms with van der Waals surface area (Å²) in [6, 6.07) is 14.9. The van der Waals surface area contributed by atoms with Crippen molar-refractivity contribution in [3.05, 3.63) is 83.9 Å². The van der Waals surface area contributed by atoms with Crippen LogP contribution >= 0.6 is 0 Å². The maximum Gasteiger partial charge on any atom is 0.415 e. The number of methoxy groups -OCH3 is 1. The number of likely N-dealkylation sites (tertiary alicyclic amines) is 1. The summed E-state index contributed by atoms with van der Waals surface area (Å²) in [6.45, 7) is 1.15. The molecule has 37 heavy (non-hydrogen) atoms. The second kappa shape index (κ2) is 12.2. The lowest BCUT2D eigenvalue weighted by atomic mass is 10.1. The molecule has 0 spiro atoms. The van der Waals surface area contributed by atoms with Gasteiger partial charge in [0.1, 0.15) is 30.0 Å². The van der Waals surface area contributed by atoms with E-state index in [4.69, 9.17) is 18.9 Å². The van der Waals surface area contributed by atoms with Crippen LogP contribution in [0.15, 0.2) is 67.0 Å². The first-order valence-electron chi connectivity index (χ1n) is 11.7. The zero-order valence-corrected chi connectivity index (χ0v) is 20.2. The number of halogens is 1. The quantitative estimate of drug-likeness (QED) is 0.445. The molecule has 194 valence electrons. The van der Waals surface area contributed by atoms with Crippen molar-refractivity contribution in [1.82, 2.24) is 9.88 Å². The summed E-state index contributed by atoms with van der Waals surface area (Å²) in [6.07, 6.45) is 2.13. The molecule has 1 aliphatic rings. The molecule has 0 aliphatic carbocycles. The molecule has 0 bridgehead atoms. The van der Waals surface area contributed by atoms with Crippen molar-refractivity contribution < 1.29 is 38.0 Å². The average molecular weight is 511 g/mol. The molecule has 9 nitrogen and oxygen atoms in total. The lowest BCUT2D eigenvalue weighted by Gasteiger charge is -2.31. The average Bonchev–Trinajstić information content (AvgIpc) is 2.89. The number of carboxylic acid groups (broad SMARTS) is 1. The Morgan fingerprint density at radius 1 is 1.05 bits per heavy atom. The molecule has 2 aromatic carbocycles. The molecular weight excluding hydrogens is 483 g/mol. The van der Waals surface area contributed by atoms with Crippen LogP contribution in [0, 0.1) is 5.82 Å². The predicted octanol–water partition coefficient (Wildman–Crippen LogP) is 4.61. The van der Waals surface area contributed by atoms with Gasteiger partial charge in [0.25, 0.3) is 0 Å². The first-order chi connectivity index (χ1) is 17.9. The number of ether oxygens (including phenoxy) is 4. The first-order valence-corrected chi connectivity index (χ1v) is 11.7. The number of aliphatic carboxylic acids is 1. The fourth-order valence-electron chi connectivity index (χ4n) is 3.94. The summed E-state index contributed by atoms with van der Waals surface area (Å²) in [5.41, 5.74) is 1.02. The van der Waals surface area contributed by atoms with Gasteiger partial charge in [-0.2, -0.15) is 0 Å². The van der Waals surface area contributed by atoms with Crippen molar-refractivity contribution in [1.29, 1.82) is 0 Å². The lowest BCUT2D eigenvalue weighted by molar-refractivity contribution is -0.148. The molecule has 1 aromatic heterocycles. The van der Waals surface area contributed by atoms with Gasteiger partial charge in [-0.15, -0.1) is 0 Å². The van der Waals surface area contributed by atoms with Crippen molar-refractivity contribution in [2.75, 3.05) is 20.2 Å². The molecule has 1 saturated heterocycles. The summed E-state index contributed by atoms with van der Waals surface area (Å²) in [5, 5.41) is 9.22. The van der Waals surface area contributed by atoms with Crippen LogP contribution in [0.1, 0.15) is 30.1 Å². The van der Waals surface area contributed by atoms with Crippen LogP contribution in [0.4, 0.5) is 9.18 Å². The van der Waals surface area contributed by atoms with Gasteiger partial charge in [-0.25, -0.2) is 14.0 Å². The van der Waals surface area contributed by atoms with Crippen molar-refractivity contribution in [2.24, 2.45) is 0 Å². The molecule has 1 aliphatic heterocycles. The minimum absolute atomic E-state index is 0.0638. The van der Waals surface area contributed by atoms with E-state index in [0.29, 0.717) is 37.4 Å². The zero-order valence-electron chi connectivity index (χ0n) is 20.2. The van der Waals surface area contributed by atoms with Crippen LogP contribution in [-0.2, 0) is 16.1 Å². The Labute approximate surface area is 213 Å². The monoisotopic (exact) mass is 510 g/mol. The minimum atomic E-state index is -1.20. The highest BCUT2D eigenvalue weighted by Gasteiger charge is 2.26. The number of nitrogens with zero attached hydrogens (tertiary/aromatic N) is 2. The summed E-state index contributed by atoms with van der Waals surface area (Å²) < 4.78 is 35.4. The number of rotatable bonds is 9. The Balaban J connectivity index is 1.23. The van der Waals surface area contributed by atoms with E-state index in [-0.39, 0.29) is 29.8 Å². The van der Waals surface area contributed by atoms with Gasteiger partial charge < -0.3 is 29.0 Å². The molecule has 4 rings (SSSR count). The highest BCUT2D eigenvalue weighted by molar-refractivity contribution is 5.75. The van der Waals surface area contributed by atoms with Gasteiger partial charge in [0.2, 0.25) is 0 Å². The molecule has 2 heterocycles. The zero-order chi connectivity index (χ0) is 26.2. The number of carboxylic acids is 1. The number of aromatic nitrogens is 1. The van der Waals surface area contributed by atoms with Crippen LogP contribution < -0.4 is 14.2 Å². The van der Waals surface area contributed by atoms with Gasteiger partial charge in [-0.1, -0.05) is 12.1 Å². The molecule has 1 fully saturated rings. The summed E-state index contributed by atoms with van der Waals surface area (Å²) in [5.74, 6) is 0.0112. The smallest absolute Gasteiger partial charge is 0.415 e. The lowest BCUT2D eigenvalue weighted by Crippen LogP contribution is -2.43. The number of pyridine rings is 1. The molecule has 1 atom stereocenters. The maximum atomic E-state index is 13.3. The fraction of sp³-hybridized carbons (Fsp3) is 0.296. The van der Waals surface area contributed by atoms with Crippen LogP contribution in [0.2, 0.25) is 0 Å². The first kappa shape index (κ1) is 25.9. The number of carbonyl (C=O) groups is 2. The molecule has 1 amide bonds. The second-order valence-corrected chi connectivity index (χ2v) is 8.47. The number of hydrogen-bond donors (Lipinski definition) is 1. The summed E-state index contributed by atoms with van der Waals surface area (Å²) >= 11 is 0. The van der Waals surface area contributed by atoms with Gasteiger partial charge in [0, 0.05) is 44.8 Å². The maximum absolute atomic E-state index is 13.3. The highest BCUT2D eigenvalue weighted by atomic mass is 19.1. The Morgan fingerprint density at radius 2 is 1.78 bits per heavy atom. The Hall–Kier alpha value is -4.18. The van der Waals surface area contributed by atoms with Gasteiger partial charge in [0.05, 0.1) is 6.20 Å². The minimum Gasteiger partial charge on any atom is -0.490 e. The van der Waals surface area contributed by atoms with E-state index in [2.05, 4.69) is 4.98 Å². The van der Waals surface area contributed by atoms with Crippen LogP contribution in [0.25, 0.3) is 0 Å². The summed E-state index contributed by atoms with van der Waals surface area (Å²) in [4.78, 5) is 29.4. The van der Waals surface area contributed by atoms with E-state index >= 15 is 0 Å². The van der Waals surface area contributed by atoms with Gasteiger partial charge in [0.15, 0.2) is 11.9 Å². The summed E-state index contributed by atoms with van der Waals surface area (Å²) in [7, 11) is 1.28. The number of carbonyl (C=O) groups excluding carboxylic acids is 1. The van der Waals surface area contributed by atoms with Crippen molar-refractivity contribution in [3.8, 4) is 17.2 Å². The van der Waals surface area contributed by atoms with Crippen molar-refractivity contribution in [2.45, 2.75) is 31.7 Å². The predicted molar refractivity (Wildman–Crippen MR) is 130 cm³/mol. The van der Waals surface area contributed by atoms with Crippen LogP contribution in [0.3, 0.4) is 0 Å². The van der Waals surface area contributed by atoms with E-state index in [1.54, 1.807) is 29.2 Å². The third kappa shape index (κ3) is 7.17. The molecule has 0 radical (unpaired) electrons. The highest BCUT2D eigenvalue weighted by Crippen LogP contribution is 2.24. The molecule has 0 saturated carbocycles. The molecular formula is C27H27FN2O7. The standard InChI is InChI=1S/C27H27FN2O7/c1-34-25(26(31)32)19-14-24(16-29-15-19)37-27(33)30-11-9-23(10-12-30)36-22-7-5-21(6-8-22)35-17-18-3-2-4-20(28)13-18/h2-8,13-16,23,25H,9-12,17H2,1H3,(H,31,32). The Bertz CT molecular complexity index is 1210. The van der Waals surface area contributed by atoms with E-state index in [1.807, 2.05) is 12.1 Å². The topological polar surface area (TPSA) is 107 Å². The Morgan fingerprint density at radius 3 is 2.46 bits per heavy atom. The normalized spacial score (nSPS) is 14.6. The van der Waals surface area contributed by atoms with Crippen LogP contribution in [-0.4, -0.2) is 53.4 Å². The third-order valence-electron chi connectivity index (χ3n) is 5.82. The van der Waals surface area contributed by atoms with Crippen molar-refractivity contribution in [3.63, 3.8) is 0 Å². The number of benzene rings is 2. The van der Waals surface area contributed by atoms with E-state index < -0.39 is 18.2 Å². The Kier molecular flexibility index (Phi) is 8.52. The third-order valence-corrected chi connectivity index (χ3v) is 5.82. The molecule has 3 aromatic rings. The van der Waals surface area contributed by atoms with E-state index in [1.165, 1.54) is 37.7 Å². The molecule has 1 N–H and O–H groups in total. The van der Waals surface area contributed by atoms with Crippen LogP contribution in [0.5, 0.6) is 17.2 Å². The van der Waals surface area contributed by atoms with E-state index in [0.717, 1.165) is 5.56 Å². The van der Waals surface area contributed by atoms with E-state index in [9.17, 15) is 19.1 Å². The molecule has 1 unspecified atom stereocenters. The number of piperidine rings is 1. The molecule has 10 heteroatoms. The number of amides is 1. The fourth-order valence-corrected chi connectivity index (χ4v) is 3.94. The van der Waals surface area contributed by atoms with Gasteiger partial charge >= 0.3 is 12.1 Å². The van der Waals surface area contributed by atoms with Gasteiger partial charge in [-0.05, 0) is 48.0 Å².